The summed E-state index contributed by atoms with van der Waals surface area (Å²) in [7, 11) is 0. The van der Waals surface area contributed by atoms with Gasteiger partial charge in [-0.2, -0.15) is 0 Å². The molecule has 544 valence electrons. The number of hydrogen-bond acceptors (Lipinski definition) is 8. The van der Waals surface area contributed by atoms with Crippen LogP contribution in [0.3, 0.4) is 0 Å². The maximum atomic E-state index is 13.2. The molecule has 0 saturated carbocycles. The summed E-state index contributed by atoms with van der Waals surface area (Å²) in [5.74, 6) is -0.179. The summed E-state index contributed by atoms with van der Waals surface area (Å²) in [5, 5.41) is 54.9. The van der Waals surface area contributed by atoms with Gasteiger partial charge >= 0.3 is 0 Å². The van der Waals surface area contributed by atoms with E-state index >= 15 is 0 Å². The number of allylic oxidation sites excluding steroid dienone is 11. The quantitative estimate of drug-likeness (QED) is 0.0261. The zero-order valence-corrected chi connectivity index (χ0v) is 61.3. The van der Waals surface area contributed by atoms with Gasteiger partial charge in [-0.1, -0.05) is 395 Å². The Bertz CT molecular complexity index is 1710. The first-order chi connectivity index (χ1) is 45.8. The second-order valence-corrected chi connectivity index (χ2v) is 28.2. The average Bonchev–Trinajstić information content (AvgIpc) is 1.01. The van der Waals surface area contributed by atoms with E-state index in [2.05, 4.69) is 79.9 Å². The number of carbonyl (C=O) groups excluding carboxylic acids is 1. The third-order valence-corrected chi connectivity index (χ3v) is 19.3. The van der Waals surface area contributed by atoms with Gasteiger partial charge in [0.15, 0.2) is 6.29 Å². The number of unbranched alkanes of at least 4 members (excludes halogenated alkanes) is 52. The second kappa shape index (κ2) is 72.4. The zero-order chi connectivity index (χ0) is 67.1. The highest BCUT2D eigenvalue weighted by atomic mass is 16.7. The van der Waals surface area contributed by atoms with Crippen molar-refractivity contribution in [3.8, 4) is 0 Å². The molecule has 0 aliphatic carbocycles. The Hall–Kier alpha value is -2.37. The molecule has 9 heteroatoms. The summed E-state index contributed by atoms with van der Waals surface area (Å²) in [6.07, 6.45) is 96.4. The van der Waals surface area contributed by atoms with Crippen molar-refractivity contribution >= 4 is 5.91 Å². The molecule has 1 aliphatic heterocycles. The SMILES string of the molecule is CC/C=C\C/C=C\C/C=C\C/C=C\CCCCCCCCCCCCCCCCCCCCCCCCCCC(=O)NC(COC1OC(CO)C(O)C(O)C1O)C(O)/C=C/CC/C=C/CCCCCCCCCCCCCCCCCCCCCCCCCCCCC. The van der Waals surface area contributed by atoms with Crippen LogP contribution in [0.5, 0.6) is 0 Å². The minimum Gasteiger partial charge on any atom is -0.394 e. The van der Waals surface area contributed by atoms with E-state index in [1.54, 1.807) is 6.08 Å². The molecule has 7 atom stereocenters. The van der Waals surface area contributed by atoms with Gasteiger partial charge in [-0.3, -0.25) is 4.79 Å². The molecular formula is C84H155NO8. The lowest BCUT2D eigenvalue weighted by molar-refractivity contribution is -0.302. The Morgan fingerprint density at radius 3 is 1.03 bits per heavy atom. The Balaban J connectivity index is 2.07. The molecule has 0 bridgehead atoms. The molecule has 1 heterocycles. The van der Waals surface area contributed by atoms with Crippen LogP contribution in [-0.2, 0) is 14.3 Å². The molecule has 93 heavy (non-hydrogen) atoms. The molecule has 9 nitrogen and oxygen atoms in total. The first kappa shape index (κ1) is 88.6. The van der Waals surface area contributed by atoms with E-state index in [4.69, 9.17) is 9.47 Å². The summed E-state index contributed by atoms with van der Waals surface area (Å²) in [6, 6.07) is -0.825. The molecular weight excluding hydrogens is 1150 g/mol. The molecule has 7 unspecified atom stereocenters. The maximum absolute atomic E-state index is 13.2. The van der Waals surface area contributed by atoms with Gasteiger partial charge in [0, 0.05) is 6.42 Å². The van der Waals surface area contributed by atoms with Crippen LogP contribution in [0.1, 0.15) is 399 Å². The van der Waals surface area contributed by atoms with Crippen molar-refractivity contribution in [2.45, 2.75) is 442 Å². The van der Waals surface area contributed by atoms with Gasteiger partial charge in [0.1, 0.15) is 24.4 Å². The molecule has 1 rings (SSSR count). The van der Waals surface area contributed by atoms with E-state index in [-0.39, 0.29) is 12.5 Å². The van der Waals surface area contributed by atoms with Crippen LogP contribution in [-0.4, -0.2) is 87.5 Å². The monoisotopic (exact) mass is 1310 g/mol. The van der Waals surface area contributed by atoms with Crippen LogP contribution in [0.2, 0.25) is 0 Å². The molecule has 6 N–H and O–H groups in total. The van der Waals surface area contributed by atoms with Crippen LogP contribution in [0, 0.1) is 0 Å². The Morgan fingerprint density at radius 2 is 0.677 bits per heavy atom. The van der Waals surface area contributed by atoms with Crippen LogP contribution in [0.15, 0.2) is 72.9 Å². The van der Waals surface area contributed by atoms with Crippen molar-refractivity contribution in [2.75, 3.05) is 13.2 Å². The van der Waals surface area contributed by atoms with E-state index in [1.165, 1.54) is 315 Å². The van der Waals surface area contributed by atoms with Crippen molar-refractivity contribution in [1.29, 1.82) is 0 Å². The minimum absolute atomic E-state index is 0.179. The van der Waals surface area contributed by atoms with Crippen LogP contribution in [0.25, 0.3) is 0 Å². The van der Waals surface area contributed by atoms with E-state index < -0.39 is 49.5 Å². The van der Waals surface area contributed by atoms with Crippen molar-refractivity contribution < 1.29 is 39.8 Å². The summed E-state index contributed by atoms with van der Waals surface area (Å²) in [6.45, 7) is 3.71. The predicted octanol–water partition coefficient (Wildman–Crippen LogP) is 23.4. The minimum atomic E-state index is -1.57. The number of nitrogens with one attached hydrogen (secondary N) is 1. The number of rotatable bonds is 72. The molecule has 1 amide bonds. The molecule has 1 aliphatic rings. The van der Waals surface area contributed by atoms with E-state index in [1.807, 2.05) is 6.08 Å². The zero-order valence-electron chi connectivity index (χ0n) is 61.3. The van der Waals surface area contributed by atoms with Crippen LogP contribution >= 0.6 is 0 Å². The first-order valence-corrected chi connectivity index (χ1v) is 40.7. The van der Waals surface area contributed by atoms with Crippen LogP contribution in [0.4, 0.5) is 0 Å². The Morgan fingerprint density at radius 1 is 0.376 bits per heavy atom. The number of hydrogen-bond donors (Lipinski definition) is 6. The van der Waals surface area contributed by atoms with Gasteiger partial charge in [0.25, 0.3) is 0 Å². The molecule has 0 aromatic carbocycles. The van der Waals surface area contributed by atoms with Crippen molar-refractivity contribution in [3.05, 3.63) is 72.9 Å². The van der Waals surface area contributed by atoms with Gasteiger partial charge in [0.05, 0.1) is 25.4 Å². The fourth-order valence-corrected chi connectivity index (χ4v) is 13.0. The molecule has 1 fully saturated rings. The lowest BCUT2D eigenvalue weighted by Gasteiger charge is -2.40. The van der Waals surface area contributed by atoms with Gasteiger partial charge in [-0.25, -0.2) is 0 Å². The highest BCUT2D eigenvalue weighted by Gasteiger charge is 2.44. The topological polar surface area (TPSA) is 149 Å². The van der Waals surface area contributed by atoms with Crippen molar-refractivity contribution in [1.82, 2.24) is 5.32 Å². The highest BCUT2D eigenvalue weighted by molar-refractivity contribution is 5.76. The second-order valence-electron chi connectivity index (χ2n) is 28.2. The fourth-order valence-electron chi connectivity index (χ4n) is 13.0. The maximum Gasteiger partial charge on any atom is 0.220 e. The number of aliphatic hydroxyl groups excluding tert-OH is 5. The average molecular weight is 1310 g/mol. The smallest absolute Gasteiger partial charge is 0.220 e. The molecule has 0 radical (unpaired) electrons. The standard InChI is InChI=1S/C84H155NO8/c1-3-5-7-9-11-13-15-17-19-21-23-25-27-29-31-33-35-37-38-39-40-42-44-46-48-50-52-54-56-58-60-62-64-66-68-70-72-74-80(88)85-77(76-92-84-83(91)82(90)81(89)79(75-86)93-84)78(87)73-71-69-67-65-63-61-59-57-55-53-51-49-47-45-43-41-36-34-32-30-28-26-24-22-20-18-16-14-12-10-8-6-4-2/h5,7,11,13,17,19,23,25,63,65,71,73,77-79,81-84,86-87,89-91H,3-4,6,8-10,12,14-16,18,20-22,24,26-62,64,66-70,72,74-76H2,1-2H3,(H,85,88)/b7-5-,13-11-,19-17-,25-23-,65-63+,73-71+. The highest BCUT2D eigenvalue weighted by Crippen LogP contribution is 2.24. The molecule has 0 aromatic heterocycles. The van der Waals surface area contributed by atoms with Gasteiger partial charge in [-0.15, -0.1) is 0 Å². The van der Waals surface area contributed by atoms with Crippen molar-refractivity contribution in [3.63, 3.8) is 0 Å². The number of ether oxygens (including phenoxy) is 2. The summed E-state index contributed by atoms with van der Waals surface area (Å²) >= 11 is 0. The Kier molecular flexibility index (Phi) is 69.0. The third-order valence-electron chi connectivity index (χ3n) is 19.3. The normalized spacial score (nSPS) is 17.9. The molecule has 1 saturated heterocycles. The molecule has 0 spiro atoms. The lowest BCUT2D eigenvalue weighted by Crippen LogP contribution is -2.60. The summed E-state index contributed by atoms with van der Waals surface area (Å²) < 4.78 is 11.3. The van der Waals surface area contributed by atoms with E-state index in [0.29, 0.717) is 6.42 Å². The third kappa shape index (κ3) is 60.5. The lowest BCUT2D eigenvalue weighted by atomic mass is 9.99. The fraction of sp³-hybridized carbons (Fsp3) is 0.845. The molecule has 0 aromatic rings. The Labute approximate surface area is 576 Å². The van der Waals surface area contributed by atoms with E-state index in [9.17, 15) is 30.3 Å². The van der Waals surface area contributed by atoms with Gasteiger partial charge in [0.2, 0.25) is 5.91 Å². The number of amides is 1. The van der Waals surface area contributed by atoms with Gasteiger partial charge < -0.3 is 40.3 Å². The number of carbonyl (C=O) groups is 1. The first-order valence-electron chi connectivity index (χ1n) is 40.7. The van der Waals surface area contributed by atoms with Crippen LogP contribution < -0.4 is 5.32 Å². The largest absolute Gasteiger partial charge is 0.394 e. The summed E-state index contributed by atoms with van der Waals surface area (Å²) in [4.78, 5) is 13.2. The van der Waals surface area contributed by atoms with Gasteiger partial charge in [-0.05, 0) is 70.6 Å². The number of aliphatic hydroxyl groups is 5. The van der Waals surface area contributed by atoms with E-state index in [0.717, 1.165) is 64.2 Å². The predicted molar refractivity (Wildman–Crippen MR) is 401 cm³/mol. The van der Waals surface area contributed by atoms with Crippen molar-refractivity contribution in [2.24, 2.45) is 0 Å². The summed E-state index contributed by atoms with van der Waals surface area (Å²) in [5.41, 5.74) is 0.